The van der Waals surface area contributed by atoms with Gasteiger partial charge in [0.05, 0.1) is 0 Å². The highest BCUT2D eigenvalue weighted by molar-refractivity contribution is 4.71. The van der Waals surface area contributed by atoms with Gasteiger partial charge in [-0.3, -0.25) is 0 Å². The van der Waals surface area contributed by atoms with E-state index in [2.05, 4.69) is 10.6 Å². The minimum atomic E-state index is 0.817. The summed E-state index contributed by atoms with van der Waals surface area (Å²) in [5, 5.41) is 6.73. The van der Waals surface area contributed by atoms with Crippen molar-refractivity contribution in [1.82, 2.24) is 10.6 Å². The summed E-state index contributed by atoms with van der Waals surface area (Å²) in [5.41, 5.74) is 0. The number of piperidine rings is 1. The van der Waals surface area contributed by atoms with E-state index in [1.54, 1.807) is 0 Å². The van der Waals surface area contributed by atoms with E-state index in [0.717, 1.165) is 12.6 Å². The molecule has 2 N–H and O–H groups in total. The normalized spacial score (nSPS) is 25.4. The van der Waals surface area contributed by atoms with E-state index in [9.17, 15) is 0 Å². The van der Waals surface area contributed by atoms with Crippen LogP contribution in [0.2, 0.25) is 0 Å². The Balaban J connectivity index is 1.96. The maximum atomic E-state index is 3.55. The van der Waals surface area contributed by atoms with E-state index in [4.69, 9.17) is 0 Å². The van der Waals surface area contributed by atoms with Crippen LogP contribution in [0.4, 0.5) is 0 Å². The summed E-state index contributed by atoms with van der Waals surface area (Å²) >= 11 is 0. The predicted octanol–water partition coefficient (Wildman–Crippen LogP) is 1.13. The molecule has 2 heteroatoms. The lowest BCUT2D eigenvalue weighted by Gasteiger charge is -2.23. The maximum absolute atomic E-state index is 3.55. The largest absolute Gasteiger partial charge is 0.320 e. The van der Waals surface area contributed by atoms with Gasteiger partial charge in [-0.25, -0.2) is 0 Å². The van der Waals surface area contributed by atoms with Gasteiger partial charge < -0.3 is 10.6 Å². The lowest BCUT2D eigenvalue weighted by molar-refractivity contribution is 0.374. The van der Waals surface area contributed by atoms with E-state index in [-0.39, 0.29) is 0 Å². The average molecular weight is 156 g/mol. The van der Waals surface area contributed by atoms with Gasteiger partial charge in [0.25, 0.3) is 0 Å². The lowest BCUT2D eigenvalue weighted by Crippen LogP contribution is -2.34. The zero-order valence-electron chi connectivity index (χ0n) is 7.53. The Labute approximate surface area is 69.8 Å². The standard InChI is InChI=1S/C9H20N2/c1-10-7-4-6-9-5-2-3-8-11-9/h9-11H,2-8H2,1H3/t9-/m1/s1. The van der Waals surface area contributed by atoms with Crippen LogP contribution in [0, 0.1) is 0 Å². The third-order valence-corrected chi connectivity index (χ3v) is 2.39. The van der Waals surface area contributed by atoms with Crippen LogP contribution in [0.5, 0.6) is 0 Å². The third kappa shape index (κ3) is 3.73. The second-order valence-corrected chi connectivity index (χ2v) is 3.39. The molecule has 11 heavy (non-hydrogen) atoms. The number of nitrogens with one attached hydrogen (secondary N) is 2. The summed E-state index contributed by atoms with van der Waals surface area (Å²) in [4.78, 5) is 0. The SMILES string of the molecule is CNCCC[C@H]1CCCCN1. The highest BCUT2D eigenvalue weighted by Gasteiger charge is 2.10. The summed E-state index contributed by atoms with van der Waals surface area (Å²) < 4.78 is 0. The van der Waals surface area contributed by atoms with E-state index in [1.165, 1.54) is 38.6 Å². The van der Waals surface area contributed by atoms with Gasteiger partial charge in [0.2, 0.25) is 0 Å². The number of hydrogen-bond donors (Lipinski definition) is 2. The van der Waals surface area contributed by atoms with E-state index in [1.807, 2.05) is 7.05 Å². The van der Waals surface area contributed by atoms with Crippen LogP contribution >= 0.6 is 0 Å². The van der Waals surface area contributed by atoms with Crippen LogP contribution in [0.3, 0.4) is 0 Å². The molecule has 0 bridgehead atoms. The Bertz CT molecular complexity index is 87.6. The Hall–Kier alpha value is -0.0800. The van der Waals surface area contributed by atoms with Crippen molar-refractivity contribution in [2.24, 2.45) is 0 Å². The van der Waals surface area contributed by atoms with Crippen LogP contribution in [0.25, 0.3) is 0 Å². The zero-order valence-corrected chi connectivity index (χ0v) is 7.53. The molecular formula is C9H20N2. The molecule has 1 atom stereocenters. The summed E-state index contributed by atoms with van der Waals surface area (Å²) in [5.74, 6) is 0. The van der Waals surface area contributed by atoms with Gasteiger partial charge in [-0.2, -0.15) is 0 Å². The molecule has 0 amide bonds. The highest BCUT2D eigenvalue weighted by atomic mass is 14.9. The van der Waals surface area contributed by atoms with E-state index < -0.39 is 0 Å². The molecule has 1 heterocycles. The lowest BCUT2D eigenvalue weighted by atomic mass is 10.0. The molecule has 0 aromatic carbocycles. The number of rotatable bonds is 4. The molecule has 0 aromatic rings. The van der Waals surface area contributed by atoms with Gasteiger partial charge in [0.1, 0.15) is 0 Å². The summed E-state index contributed by atoms with van der Waals surface area (Å²) in [7, 11) is 2.02. The molecule has 0 aliphatic carbocycles. The molecule has 1 fully saturated rings. The minimum Gasteiger partial charge on any atom is -0.320 e. The minimum absolute atomic E-state index is 0.817. The second-order valence-electron chi connectivity index (χ2n) is 3.39. The average Bonchev–Trinajstić information content (AvgIpc) is 2.07. The summed E-state index contributed by atoms with van der Waals surface area (Å²) in [6.45, 7) is 2.41. The predicted molar refractivity (Wildman–Crippen MR) is 48.8 cm³/mol. The molecule has 2 nitrogen and oxygen atoms in total. The van der Waals surface area contributed by atoms with Gasteiger partial charge >= 0.3 is 0 Å². The monoisotopic (exact) mass is 156 g/mol. The van der Waals surface area contributed by atoms with Crippen LogP contribution < -0.4 is 10.6 Å². The highest BCUT2D eigenvalue weighted by Crippen LogP contribution is 2.10. The molecule has 1 saturated heterocycles. The van der Waals surface area contributed by atoms with E-state index in [0.29, 0.717) is 0 Å². The Morgan fingerprint density at radius 1 is 1.45 bits per heavy atom. The van der Waals surface area contributed by atoms with Crippen LogP contribution in [0.15, 0.2) is 0 Å². The van der Waals surface area contributed by atoms with Gasteiger partial charge in [-0.05, 0) is 45.8 Å². The summed E-state index contributed by atoms with van der Waals surface area (Å²) in [6, 6.07) is 0.817. The molecule has 0 unspecified atom stereocenters. The van der Waals surface area contributed by atoms with Gasteiger partial charge in [-0.15, -0.1) is 0 Å². The molecule has 66 valence electrons. The molecule has 0 radical (unpaired) electrons. The number of hydrogen-bond acceptors (Lipinski definition) is 2. The Kier molecular flexibility index (Phi) is 4.55. The third-order valence-electron chi connectivity index (χ3n) is 2.39. The van der Waals surface area contributed by atoms with Crippen molar-refractivity contribution in [2.45, 2.75) is 38.1 Å². The molecule has 1 aliphatic rings. The molecule has 1 rings (SSSR count). The van der Waals surface area contributed by atoms with Crippen molar-refractivity contribution < 1.29 is 0 Å². The van der Waals surface area contributed by atoms with Crippen molar-refractivity contribution in [3.63, 3.8) is 0 Å². The molecule has 1 aliphatic heterocycles. The van der Waals surface area contributed by atoms with Crippen molar-refractivity contribution in [1.29, 1.82) is 0 Å². The fourth-order valence-electron chi connectivity index (χ4n) is 1.70. The van der Waals surface area contributed by atoms with Crippen LogP contribution in [-0.4, -0.2) is 26.2 Å². The van der Waals surface area contributed by atoms with Crippen LogP contribution in [-0.2, 0) is 0 Å². The molecule has 0 spiro atoms. The first-order valence-electron chi connectivity index (χ1n) is 4.81. The zero-order chi connectivity index (χ0) is 7.94. The smallest absolute Gasteiger partial charge is 0.00675 e. The Morgan fingerprint density at radius 3 is 3.00 bits per heavy atom. The van der Waals surface area contributed by atoms with Gasteiger partial charge in [-0.1, -0.05) is 6.42 Å². The first-order chi connectivity index (χ1) is 5.43. The molecule has 0 saturated carbocycles. The first kappa shape index (κ1) is 9.01. The van der Waals surface area contributed by atoms with Gasteiger partial charge in [0, 0.05) is 6.04 Å². The fourth-order valence-corrected chi connectivity index (χ4v) is 1.70. The fraction of sp³-hybridized carbons (Fsp3) is 1.00. The van der Waals surface area contributed by atoms with E-state index >= 15 is 0 Å². The first-order valence-corrected chi connectivity index (χ1v) is 4.81. The van der Waals surface area contributed by atoms with Gasteiger partial charge in [0.15, 0.2) is 0 Å². The Morgan fingerprint density at radius 2 is 2.36 bits per heavy atom. The van der Waals surface area contributed by atoms with Crippen molar-refractivity contribution in [3.8, 4) is 0 Å². The summed E-state index contributed by atoms with van der Waals surface area (Å²) in [6.07, 6.45) is 6.86. The van der Waals surface area contributed by atoms with Crippen molar-refractivity contribution >= 4 is 0 Å². The maximum Gasteiger partial charge on any atom is 0.00675 e. The van der Waals surface area contributed by atoms with Crippen LogP contribution in [0.1, 0.15) is 32.1 Å². The topological polar surface area (TPSA) is 24.1 Å². The van der Waals surface area contributed by atoms with Crippen molar-refractivity contribution in [3.05, 3.63) is 0 Å². The molecule has 0 aromatic heterocycles. The molecular weight excluding hydrogens is 136 g/mol. The van der Waals surface area contributed by atoms with Crippen molar-refractivity contribution in [2.75, 3.05) is 20.1 Å². The quantitative estimate of drug-likeness (QED) is 0.596. The second kappa shape index (κ2) is 5.56.